The van der Waals surface area contributed by atoms with Crippen LogP contribution in [0.2, 0.25) is 0 Å². The first-order chi connectivity index (χ1) is 17.1. The zero-order valence-electron chi connectivity index (χ0n) is 20.5. The molecule has 2 fully saturated rings. The molecule has 2 aliphatic rings. The number of hydrogen-bond acceptors (Lipinski definition) is 5. The smallest absolute Gasteiger partial charge is 0.391 e. The fourth-order valence-corrected chi connectivity index (χ4v) is 5.07. The van der Waals surface area contributed by atoms with Crippen LogP contribution in [0.25, 0.3) is 0 Å². The van der Waals surface area contributed by atoms with Gasteiger partial charge in [-0.05, 0) is 64.5 Å². The number of halogens is 3. The molecule has 196 valence electrons. The predicted octanol–water partition coefficient (Wildman–Crippen LogP) is 4.85. The molecule has 1 saturated carbocycles. The van der Waals surface area contributed by atoms with Crippen LogP contribution in [0.3, 0.4) is 0 Å². The van der Waals surface area contributed by atoms with Gasteiger partial charge in [-0.2, -0.15) is 18.3 Å². The van der Waals surface area contributed by atoms with E-state index in [1.165, 1.54) is 6.20 Å². The molecule has 1 saturated heterocycles. The molecule has 0 bridgehead atoms. The Morgan fingerprint density at radius 1 is 1.14 bits per heavy atom. The van der Waals surface area contributed by atoms with Crippen molar-refractivity contribution >= 4 is 17.6 Å². The van der Waals surface area contributed by atoms with Crippen LogP contribution in [0, 0.1) is 11.8 Å². The van der Waals surface area contributed by atoms with Crippen LogP contribution >= 0.6 is 0 Å². The number of alkyl halides is 3. The molecule has 0 aromatic carbocycles. The summed E-state index contributed by atoms with van der Waals surface area (Å²) in [5, 5.41) is 7.03. The Morgan fingerprint density at radius 2 is 1.89 bits per heavy atom. The van der Waals surface area contributed by atoms with E-state index in [-0.39, 0.29) is 61.9 Å². The second kappa shape index (κ2) is 10.9. The monoisotopic (exact) mass is 507 g/mol. The maximum absolute atomic E-state index is 13.1. The van der Waals surface area contributed by atoms with E-state index in [1.807, 2.05) is 13.8 Å². The fourth-order valence-electron chi connectivity index (χ4n) is 5.07. The predicted molar refractivity (Wildman–Crippen MR) is 127 cm³/mol. The average molecular weight is 508 g/mol. The number of amides is 2. The van der Waals surface area contributed by atoms with Crippen LogP contribution in [0.1, 0.15) is 68.9 Å². The molecule has 2 amide bonds. The van der Waals surface area contributed by atoms with E-state index in [0.29, 0.717) is 18.1 Å². The number of likely N-dealkylation sites (tertiary alicyclic amines) is 1. The topological polar surface area (TPSA) is 89.3 Å². The lowest BCUT2D eigenvalue weighted by Crippen LogP contribution is -2.44. The molecule has 4 rings (SSSR count). The van der Waals surface area contributed by atoms with Crippen molar-refractivity contribution in [3.8, 4) is 5.75 Å². The third kappa shape index (κ3) is 5.82. The third-order valence-electron chi connectivity index (χ3n) is 7.02. The quantitative estimate of drug-likeness (QED) is 0.579. The van der Waals surface area contributed by atoms with Crippen molar-refractivity contribution in [3.05, 3.63) is 36.3 Å². The van der Waals surface area contributed by atoms with Gasteiger partial charge in [0.25, 0.3) is 5.91 Å². The molecule has 2 aromatic heterocycles. The highest BCUT2D eigenvalue weighted by Crippen LogP contribution is 2.40. The highest BCUT2D eigenvalue weighted by molar-refractivity contribution is 6.04. The SMILES string of the molecule is CC(C)n1nccc1NC(=O)c1ncccc1OC[C@H]1CCCN1C(=O)C1CCC(C(F)(F)F)CC1. The molecule has 0 spiro atoms. The van der Waals surface area contributed by atoms with Gasteiger partial charge in [0.2, 0.25) is 5.91 Å². The Labute approximate surface area is 208 Å². The van der Waals surface area contributed by atoms with Crippen LogP contribution in [0.4, 0.5) is 19.0 Å². The highest BCUT2D eigenvalue weighted by atomic mass is 19.4. The summed E-state index contributed by atoms with van der Waals surface area (Å²) < 4.78 is 46.6. The van der Waals surface area contributed by atoms with Crippen LogP contribution in [0.5, 0.6) is 5.75 Å². The van der Waals surface area contributed by atoms with Crippen molar-refractivity contribution in [2.75, 3.05) is 18.5 Å². The van der Waals surface area contributed by atoms with Gasteiger partial charge in [0.15, 0.2) is 11.4 Å². The van der Waals surface area contributed by atoms with Gasteiger partial charge in [0.1, 0.15) is 12.4 Å². The molecule has 2 aromatic rings. The van der Waals surface area contributed by atoms with Crippen molar-refractivity contribution in [2.24, 2.45) is 11.8 Å². The lowest BCUT2D eigenvalue weighted by atomic mass is 9.81. The number of nitrogens with zero attached hydrogens (tertiary/aromatic N) is 4. The molecule has 3 heterocycles. The number of carbonyl (C=O) groups is 2. The van der Waals surface area contributed by atoms with Crippen molar-refractivity contribution < 1.29 is 27.5 Å². The number of aromatic nitrogens is 3. The molecule has 0 unspecified atom stereocenters. The van der Waals surface area contributed by atoms with Gasteiger partial charge >= 0.3 is 6.18 Å². The summed E-state index contributed by atoms with van der Waals surface area (Å²) in [6.07, 6.45) is 0.963. The first-order valence-electron chi connectivity index (χ1n) is 12.4. The molecule has 8 nitrogen and oxygen atoms in total. The zero-order valence-corrected chi connectivity index (χ0v) is 20.5. The maximum Gasteiger partial charge on any atom is 0.391 e. The molecule has 1 aliphatic heterocycles. The molecular formula is C25H32F3N5O3. The molecular weight excluding hydrogens is 475 g/mol. The summed E-state index contributed by atoms with van der Waals surface area (Å²) in [6, 6.07) is 4.88. The van der Waals surface area contributed by atoms with Crippen LogP contribution in [0.15, 0.2) is 30.6 Å². The number of rotatable bonds is 7. The Balaban J connectivity index is 1.37. The van der Waals surface area contributed by atoms with Gasteiger partial charge in [-0.15, -0.1) is 0 Å². The number of pyridine rings is 1. The molecule has 1 N–H and O–H groups in total. The van der Waals surface area contributed by atoms with Crippen molar-refractivity contribution in [3.63, 3.8) is 0 Å². The second-order valence-electron chi connectivity index (χ2n) is 9.79. The summed E-state index contributed by atoms with van der Waals surface area (Å²) in [6.45, 7) is 4.65. The minimum atomic E-state index is -4.19. The van der Waals surface area contributed by atoms with Crippen molar-refractivity contribution in [1.82, 2.24) is 19.7 Å². The van der Waals surface area contributed by atoms with E-state index in [9.17, 15) is 22.8 Å². The third-order valence-corrected chi connectivity index (χ3v) is 7.02. The van der Waals surface area contributed by atoms with Crippen molar-refractivity contribution in [2.45, 2.75) is 70.6 Å². The van der Waals surface area contributed by atoms with E-state index in [2.05, 4.69) is 15.4 Å². The fraction of sp³-hybridized carbons (Fsp3) is 0.600. The highest BCUT2D eigenvalue weighted by Gasteiger charge is 2.44. The Hall–Kier alpha value is -3.11. The molecule has 1 atom stereocenters. The minimum Gasteiger partial charge on any atom is -0.489 e. The molecule has 1 aliphatic carbocycles. The summed E-state index contributed by atoms with van der Waals surface area (Å²) in [7, 11) is 0. The number of anilines is 1. The summed E-state index contributed by atoms with van der Waals surface area (Å²) in [5.41, 5.74) is 0.121. The Bertz CT molecular complexity index is 1060. The van der Waals surface area contributed by atoms with Gasteiger partial charge in [-0.3, -0.25) is 9.59 Å². The largest absolute Gasteiger partial charge is 0.489 e. The van der Waals surface area contributed by atoms with Gasteiger partial charge in [-0.1, -0.05) is 0 Å². The van der Waals surface area contributed by atoms with E-state index < -0.39 is 18.0 Å². The van der Waals surface area contributed by atoms with Crippen LogP contribution in [-0.4, -0.2) is 56.8 Å². The Kier molecular flexibility index (Phi) is 7.85. The number of ether oxygens (including phenoxy) is 1. The second-order valence-corrected chi connectivity index (χ2v) is 9.79. The summed E-state index contributed by atoms with van der Waals surface area (Å²) in [5.74, 6) is -1.38. The first kappa shape index (κ1) is 26.0. The van der Waals surface area contributed by atoms with Gasteiger partial charge in [0, 0.05) is 30.8 Å². The Morgan fingerprint density at radius 3 is 2.58 bits per heavy atom. The number of hydrogen-bond donors (Lipinski definition) is 1. The standard InChI is InChI=1S/C25H32F3N5O3/c1-16(2)33-21(11-13-30-33)31-23(34)22-20(6-3-12-29-22)36-15-19-5-4-14-32(19)24(35)17-7-9-18(10-8-17)25(26,27)28/h3,6,11-13,16-19H,4-5,7-10,14-15H2,1-2H3,(H,31,34)/t17?,18?,19-/m1/s1. The van der Waals surface area contributed by atoms with Gasteiger partial charge in [0.05, 0.1) is 18.2 Å². The van der Waals surface area contributed by atoms with Crippen molar-refractivity contribution in [1.29, 1.82) is 0 Å². The van der Waals surface area contributed by atoms with Crippen LogP contribution < -0.4 is 10.1 Å². The minimum absolute atomic E-state index is 0.00121. The summed E-state index contributed by atoms with van der Waals surface area (Å²) >= 11 is 0. The van der Waals surface area contributed by atoms with Gasteiger partial charge in [-0.25, -0.2) is 9.67 Å². The molecule has 0 radical (unpaired) electrons. The van der Waals surface area contributed by atoms with E-state index in [0.717, 1.165) is 12.8 Å². The van der Waals surface area contributed by atoms with E-state index in [1.54, 1.807) is 34.0 Å². The lowest BCUT2D eigenvalue weighted by Gasteiger charge is -2.33. The first-order valence-corrected chi connectivity index (χ1v) is 12.4. The lowest BCUT2D eigenvalue weighted by molar-refractivity contribution is -0.185. The summed E-state index contributed by atoms with van der Waals surface area (Å²) in [4.78, 5) is 32.0. The van der Waals surface area contributed by atoms with Crippen LogP contribution in [-0.2, 0) is 4.79 Å². The normalized spacial score (nSPS) is 22.6. The number of carbonyl (C=O) groups excluding carboxylic acids is 2. The zero-order chi connectivity index (χ0) is 25.9. The average Bonchev–Trinajstić information content (AvgIpc) is 3.51. The number of nitrogens with one attached hydrogen (secondary N) is 1. The van der Waals surface area contributed by atoms with E-state index in [4.69, 9.17) is 4.74 Å². The molecule has 36 heavy (non-hydrogen) atoms. The van der Waals surface area contributed by atoms with E-state index >= 15 is 0 Å². The van der Waals surface area contributed by atoms with Gasteiger partial charge < -0.3 is 15.0 Å². The molecule has 11 heteroatoms. The maximum atomic E-state index is 13.1.